The third-order valence-electron chi connectivity index (χ3n) is 3.07. The van der Waals surface area contributed by atoms with Gasteiger partial charge in [0, 0.05) is 18.1 Å². The number of amidine groups is 1. The van der Waals surface area contributed by atoms with Gasteiger partial charge in [-0.3, -0.25) is 9.98 Å². The van der Waals surface area contributed by atoms with Crippen molar-refractivity contribution in [2.75, 3.05) is 0 Å². The van der Waals surface area contributed by atoms with Gasteiger partial charge in [-0.2, -0.15) is 0 Å². The van der Waals surface area contributed by atoms with Crippen molar-refractivity contribution in [2.24, 2.45) is 5.73 Å². The number of imidazole rings is 1. The number of aryl methyl sites for hydroxylation is 2. The number of rotatable bonds is 2. The molecule has 2 aromatic rings. The number of aromatic nitrogens is 3. The number of hydrogen-bond acceptors (Lipinski definition) is 3. The third kappa shape index (κ3) is 1.60. The lowest BCUT2D eigenvalue weighted by Gasteiger charge is -2.10. The summed E-state index contributed by atoms with van der Waals surface area (Å²) < 4.78 is 1.80. The maximum absolute atomic E-state index is 7.65. The predicted molar refractivity (Wildman–Crippen MR) is 64.4 cm³/mol. The van der Waals surface area contributed by atoms with Gasteiger partial charge in [0.2, 0.25) is 0 Å². The van der Waals surface area contributed by atoms with Gasteiger partial charge >= 0.3 is 0 Å². The van der Waals surface area contributed by atoms with Crippen molar-refractivity contribution < 1.29 is 0 Å². The van der Waals surface area contributed by atoms with Gasteiger partial charge < -0.3 is 5.73 Å². The molecule has 3 rings (SSSR count). The number of fused-ring (bicyclic) bond motifs is 1. The lowest BCUT2D eigenvalue weighted by atomic mass is 10.1. The van der Waals surface area contributed by atoms with Crippen LogP contribution >= 0.6 is 0 Å². The summed E-state index contributed by atoms with van der Waals surface area (Å²) in [5, 5.41) is 7.65. The van der Waals surface area contributed by atoms with Crippen molar-refractivity contribution in [1.29, 1.82) is 5.41 Å². The van der Waals surface area contributed by atoms with Gasteiger partial charge in [0.15, 0.2) is 0 Å². The highest BCUT2D eigenvalue weighted by Gasteiger charge is 2.18. The summed E-state index contributed by atoms with van der Waals surface area (Å²) in [6, 6.07) is 1.99. The summed E-state index contributed by atoms with van der Waals surface area (Å²) in [5.41, 5.74) is 8.65. The van der Waals surface area contributed by atoms with Crippen molar-refractivity contribution in [1.82, 2.24) is 14.5 Å². The van der Waals surface area contributed by atoms with Crippen molar-refractivity contribution >= 4 is 5.84 Å². The van der Waals surface area contributed by atoms with E-state index in [1.165, 1.54) is 5.56 Å². The molecule has 0 spiro atoms. The fraction of sp³-hybridized carbons (Fsp3) is 0.250. The Morgan fingerprint density at radius 3 is 3.00 bits per heavy atom. The van der Waals surface area contributed by atoms with Crippen LogP contribution in [-0.2, 0) is 12.8 Å². The van der Waals surface area contributed by atoms with E-state index in [1.807, 2.05) is 12.3 Å². The van der Waals surface area contributed by atoms with Crippen molar-refractivity contribution in [3.63, 3.8) is 0 Å². The molecule has 5 heteroatoms. The van der Waals surface area contributed by atoms with Crippen LogP contribution in [0.15, 0.2) is 24.8 Å². The van der Waals surface area contributed by atoms with E-state index >= 15 is 0 Å². The van der Waals surface area contributed by atoms with Crippen LogP contribution in [0.2, 0.25) is 0 Å². The second kappa shape index (κ2) is 3.69. The van der Waals surface area contributed by atoms with Gasteiger partial charge in [0.1, 0.15) is 18.0 Å². The van der Waals surface area contributed by atoms with E-state index in [0.29, 0.717) is 11.4 Å². The molecule has 0 fully saturated rings. The Labute approximate surface area is 98.8 Å². The second-order valence-corrected chi connectivity index (χ2v) is 4.20. The fourth-order valence-corrected chi connectivity index (χ4v) is 2.24. The molecule has 3 N–H and O–H groups in total. The number of pyridine rings is 1. The molecule has 1 aliphatic rings. The summed E-state index contributed by atoms with van der Waals surface area (Å²) in [5.74, 6) is 0.756. The fourth-order valence-electron chi connectivity index (χ4n) is 2.24. The highest BCUT2D eigenvalue weighted by atomic mass is 15.1. The lowest BCUT2D eigenvalue weighted by Crippen LogP contribution is -2.16. The molecule has 0 bridgehead atoms. The normalized spacial score (nSPS) is 13.6. The molecular formula is C12H13N5. The zero-order valence-electron chi connectivity index (χ0n) is 9.35. The molecule has 5 nitrogen and oxygen atoms in total. The van der Waals surface area contributed by atoms with E-state index in [0.717, 1.165) is 25.0 Å². The zero-order chi connectivity index (χ0) is 11.8. The van der Waals surface area contributed by atoms with Gasteiger partial charge in [-0.05, 0) is 30.9 Å². The van der Waals surface area contributed by atoms with E-state index in [2.05, 4.69) is 9.97 Å². The summed E-state index contributed by atoms with van der Waals surface area (Å²) in [4.78, 5) is 8.62. The zero-order valence-corrected chi connectivity index (χ0v) is 9.35. The number of nitrogens with zero attached hydrogens (tertiary/aromatic N) is 3. The first-order valence-electron chi connectivity index (χ1n) is 5.61. The first kappa shape index (κ1) is 10.0. The molecule has 0 aromatic carbocycles. The average molecular weight is 227 g/mol. The van der Waals surface area contributed by atoms with Gasteiger partial charge in [-0.1, -0.05) is 0 Å². The molecule has 0 unspecified atom stereocenters. The summed E-state index contributed by atoms with van der Waals surface area (Å²) in [7, 11) is 0. The van der Waals surface area contributed by atoms with Crippen LogP contribution in [0.1, 0.15) is 23.2 Å². The first-order valence-corrected chi connectivity index (χ1v) is 5.61. The van der Waals surface area contributed by atoms with Crippen molar-refractivity contribution in [3.05, 3.63) is 41.6 Å². The first-order chi connectivity index (χ1) is 8.25. The molecule has 2 heterocycles. The molecular weight excluding hydrogens is 214 g/mol. The minimum Gasteiger partial charge on any atom is -0.384 e. The van der Waals surface area contributed by atoms with E-state index in [9.17, 15) is 0 Å². The van der Waals surface area contributed by atoms with Gasteiger partial charge in [-0.15, -0.1) is 0 Å². The van der Waals surface area contributed by atoms with Crippen LogP contribution in [0.4, 0.5) is 0 Å². The third-order valence-corrected chi connectivity index (χ3v) is 3.07. The van der Waals surface area contributed by atoms with E-state index in [1.54, 1.807) is 17.1 Å². The minimum absolute atomic E-state index is 0.0518. The SMILES string of the molecule is N=C(N)c1cc2c(nc1-n1ccnc1)CCC2. The van der Waals surface area contributed by atoms with Gasteiger partial charge in [-0.25, -0.2) is 9.97 Å². The Kier molecular flexibility index (Phi) is 2.18. The molecule has 17 heavy (non-hydrogen) atoms. The minimum atomic E-state index is 0.0518. The predicted octanol–water partition coefficient (Wildman–Crippen LogP) is 1.04. The topological polar surface area (TPSA) is 80.6 Å². The van der Waals surface area contributed by atoms with Crippen LogP contribution < -0.4 is 5.73 Å². The smallest absolute Gasteiger partial charge is 0.149 e. The number of hydrogen-bond donors (Lipinski definition) is 2. The second-order valence-electron chi connectivity index (χ2n) is 4.20. The van der Waals surface area contributed by atoms with Crippen molar-refractivity contribution in [2.45, 2.75) is 19.3 Å². The molecule has 2 aromatic heterocycles. The average Bonchev–Trinajstić information content (AvgIpc) is 2.98. The lowest BCUT2D eigenvalue weighted by molar-refractivity contribution is 0.890. The van der Waals surface area contributed by atoms with Gasteiger partial charge in [0.25, 0.3) is 0 Å². The number of nitrogens with one attached hydrogen (secondary N) is 1. The Balaban J connectivity index is 2.22. The Morgan fingerprint density at radius 1 is 1.41 bits per heavy atom. The molecule has 0 saturated carbocycles. The Hall–Kier alpha value is -2.17. The maximum Gasteiger partial charge on any atom is 0.149 e. The Bertz CT molecular complexity index is 571. The molecule has 0 radical (unpaired) electrons. The maximum atomic E-state index is 7.65. The summed E-state index contributed by atoms with van der Waals surface area (Å²) >= 11 is 0. The van der Waals surface area contributed by atoms with E-state index < -0.39 is 0 Å². The van der Waals surface area contributed by atoms with E-state index in [-0.39, 0.29) is 5.84 Å². The molecule has 0 amide bonds. The molecule has 0 aliphatic heterocycles. The molecule has 1 aliphatic carbocycles. The van der Waals surface area contributed by atoms with E-state index in [4.69, 9.17) is 11.1 Å². The van der Waals surface area contributed by atoms with Crippen molar-refractivity contribution in [3.8, 4) is 5.82 Å². The van der Waals surface area contributed by atoms with Crippen LogP contribution in [0.5, 0.6) is 0 Å². The largest absolute Gasteiger partial charge is 0.384 e. The van der Waals surface area contributed by atoms with Crippen LogP contribution in [-0.4, -0.2) is 20.4 Å². The van der Waals surface area contributed by atoms with Crippen LogP contribution in [0.3, 0.4) is 0 Å². The quantitative estimate of drug-likeness (QED) is 0.594. The molecule has 0 saturated heterocycles. The Morgan fingerprint density at radius 2 is 2.29 bits per heavy atom. The van der Waals surface area contributed by atoms with Gasteiger partial charge in [0.05, 0.1) is 5.56 Å². The monoisotopic (exact) mass is 227 g/mol. The number of nitrogen functional groups attached to an aromatic ring is 1. The summed E-state index contributed by atoms with van der Waals surface area (Å²) in [6.45, 7) is 0. The summed E-state index contributed by atoms with van der Waals surface area (Å²) in [6.07, 6.45) is 8.36. The number of nitrogens with two attached hydrogens (primary N) is 1. The van der Waals surface area contributed by atoms with Crippen LogP contribution in [0.25, 0.3) is 5.82 Å². The molecule has 86 valence electrons. The standard InChI is InChI=1S/C12H13N5/c13-11(14)9-6-8-2-1-3-10(8)16-12(9)17-5-4-15-7-17/h4-7H,1-3H2,(H3,13,14). The van der Waals surface area contributed by atoms with Crippen LogP contribution in [0, 0.1) is 5.41 Å². The highest BCUT2D eigenvalue weighted by Crippen LogP contribution is 2.24. The highest BCUT2D eigenvalue weighted by molar-refractivity contribution is 5.98. The molecule has 0 atom stereocenters.